The van der Waals surface area contributed by atoms with Gasteiger partial charge in [-0.15, -0.1) is 0 Å². The summed E-state index contributed by atoms with van der Waals surface area (Å²) in [6.45, 7) is 0. The summed E-state index contributed by atoms with van der Waals surface area (Å²) in [5, 5.41) is 4.08. The van der Waals surface area contributed by atoms with Gasteiger partial charge in [-0.25, -0.2) is 13.4 Å². The molecule has 2 heterocycles. The highest BCUT2D eigenvalue weighted by molar-refractivity contribution is 7.90. The van der Waals surface area contributed by atoms with Gasteiger partial charge in [0.15, 0.2) is 9.84 Å². The van der Waals surface area contributed by atoms with Crippen molar-refractivity contribution >= 4 is 20.9 Å². The third-order valence-electron chi connectivity index (χ3n) is 3.28. The molecule has 1 unspecified atom stereocenters. The van der Waals surface area contributed by atoms with Gasteiger partial charge in [0.1, 0.15) is 5.82 Å². The van der Waals surface area contributed by atoms with Crippen molar-refractivity contribution in [2.24, 2.45) is 12.8 Å². The number of aromatic nitrogens is 4. The first-order valence-electron chi connectivity index (χ1n) is 6.28. The molecule has 8 heteroatoms. The number of H-pyrrole nitrogens is 1. The SMILES string of the molecule is Cn1cc(C(N)c2nc3ccc(S(C)(=O)=O)cc3[nH]2)cn1. The van der Waals surface area contributed by atoms with Crippen LogP contribution in [0.2, 0.25) is 0 Å². The van der Waals surface area contributed by atoms with Gasteiger partial charge >= 0.3 is 0 Å². The first-order chi connectivity index (χ1) is 9.84. The standard InChI is InChI=1S/C13H15N5O2S/c1-18-7-8(6-15-18)12(14)13-16-10-4-3-9(21(2,19)20)5-11(10)17-13/h3-7,12H,14H2,1-2H3,(H,16,17). The summed E-state index contributed by atoms with van der Waals surface area (Å²) in [6, 6.07) is 4.34. The molecule has 2 aromatic heterocycles. The van der Waals surface area contributed by atoms with Gasteiger partial charge in [-0.1, -0.05) is 0 Å². The molecule has 3 aromatic rings. The Kier molecular flexibility index (Phi) is 3.07. The highest BCUT2D eigenvalue weighted by atomic mass is 32.2. The van der Waals surface area contributed by atoms with Crippen molar-refractivity contribution in [3.63, 3.8) is 0 Å². The largest absolute Gasteiger partial charge is 0.340 e. The predicted octanol–water partition coefficient (Wildman–Crippen LogP) is 0.748. The molecule has 0 aliphatic rings. The van der Waals surface area contributed by atoms with E-state index in [1.807, 2.05) is 13.2 Å². The van der Waals surface area contributed by atoms with E-state index in [9.17, 15) is 8.42 Å². The fourth-order valence-electron chi connectivity index (χ4n) is 2.15. The summed E-state index contributed by atoms with van der Waals surface area (Å²) >= 11 is 0. The molecule has 0 bridgehead atoms. The molecule has 21 heavy (non-hydrogen) atoms. The molecule has 0 spiro atoms. The number of hydrogen-bond donors (Lipinski definition) is 2. The maximum absolute atomic E-state index is 11.6. The maximum Gasteiger partial charge on any atom is 0.175 e. The number of aryl methyl sites for hydroxylation is 1. The first kappa shape index (κ1) is 13.8. The molecule has 3 N–H and O–H groups in total. The molecular weight excluding hydrogens is 290 g/mol. The van der Waals surface area contributed by atoms with E-state index in [0.29, 0.717) is 16.9 Å². The molecule has 0 amide bonds. The third-order valence-corrected chi connectivity index (χ3v) is 4.39. The van der Waals surface area contributed by atoms with E-state index >= 15 is 0 Å². The van der Waals surface area contributed by atoms with E-state index in [1.165, 1.54) is 12.3 Å². The summed E-state index contributed by atoms with van der Waals surface area (Å²) in [6.07, 6.45) is 4.67. The number of rotatable bonds is 3. The second kappa shape index (κ2) is 4.68. The van der Waals surface area contributed by atoms with Crippen molar-refractivity contribution in [1.29, 1.82) is 0 Å². The zero-order valence-corrected chi connectivity index (χ0v) is 12.4. The Bertz CT molecular complexity index is 910. The van der Waals surface area contributed by atoms with Crippen LogP contribution < -0.4 is 5.73 Å². The van der Waals surface area contributed by atoms with Crippen LogP contribution in [0.4, 0.5) is 0 Å². The minimum absolute atomic E-state index is 0.250. The molecular formula is C13H15N5O2S. The number of nitrogens with zero attached hydrogens (tertiary/aromatic N) is 3. The van der Waals surface area contributed by atoms with E-state index in [4.69, 9.17) is 5.73 Å². The molecule has 1 aromatic carbocycles. The van der Waals surface area contributed by atoms with Gasteiger partial charge in [-0.2, -0.15) is 5.10 Å². The molecule has 0 radical (unpaired) electrons. The Hall–Kier alpha value is -2.19. The minimum Gasteiger partial charge on any atom is -0.340 e. The van der Waals surface area contributed by atoms with Crippen molar-refractivity contribution in [2.75, 3.05) is 6.26 Å². The van der Waals surface area contributed by atoms with Gasteiger partial charge in [-0.05, 0) is 18.2 Å². The number of benzene rings is 1. The number of aromatic amines is 1. The van der Waals surface area contributed by atoms with Crippen LogP contribution in [0.1, 0.15) is 17.4 Å². The summed E-state index contributed by atoms with van der Waals surface area (Å²) in [5.74, 6) is 0.573. The van der Waals surface area contributed by atoms with E-state index in [-0.39, 0.29) is 4.90 Å². The number of imidazole rings is 1. The van der Waals surface area contributed by atoms with Crippen molar-refractivity contribution < 1.29 is 8.42 Å². The van der Waals surface area contributed by atoms with Gasteiger partial charge in [0, 0.05) is 25.1 Å². The highest BCUT2D eigenvalue weighted by Crippen LogP contribution is 2.22. The molecule has 0 saturated carbocycles. The number of sulfone groups is 1. The zero-order chi connectivity index (χ0) is 15.2. The van der Waals surface area contributed by atoms with Crippen molar-refractivity contribution in [3.8, 4) is 0 Å². The van der Waals surface area contributed by atoms with E-state index in [2.05, 4.69) is 15.1 Å². The van der Waals surface area contributed by atoms with Gasteiger partial charge in [0.25, 0.3) is 0 Å². The molecule has 0 aliphatic carbocycles. The summed E-state index contributed by atoms with van der Waals surface area (Å²) in [7, 11) is -1.43. The molecule has 0 saturated heterocycles. The molecule has 0 fully saturated rings. The summed E-state index contributed by atoms with van der Waals surface area (Å²) in [4.78, 5) is 7.74. The van der Waals surface area contributed by atoms with Crippen LogP contribution in [0.25, 0.3) is 11.0 Å². The highest BCUT2D eigenvalue weighted by Gasteiger charge is 2.16. The van der Waals surface area contributed by atoms with Crippen molar-refractivity contribution in [1.82, 2.24) is 19.7 Å². The number of nitrogens with one attached hydrogen (secondary N) is 1. The first-order valence-corrected chi connectivity index (χ1v) is 8.17. The van der Waals surface area contributed by atoms with Gasteiger partial charge in [-0.3, -0.25) is 4.68 Å². The smallest absolute Gasteiger partial charge is 0.175 e. The van der Waals surface area contributed by atoms with Crippen LogP contribution in [0.5, 0.6) is 0 Å². The maximum atomic E-state index is 11.6. The van der Waals surface area contributed by atoms with Crippen LogP contribution in [-0.4, -0.2) is 34.4 Å². The quantitative estimate of drug-likeness (QED) is 0.742. The Morgan fingerprint density at radius 2 is 2.14 bits per heavy atom. The molecule has 110 valence electrons. The Balaban J connectivity index is 2.05. The zero-order valence-electron chi connectivity index (χ0n) is 11.6. The van der Waals surface area contributed by atoms with Crippen LogP contribution in [-0.2, 0) is 16.9 Å². The van der Waals surface area contributed by atoms with Crippen LogP contribution in [0.15, 0.2) is 35.5 Å². The average Bonchev–Trinajstić information content (AvgIpc) is 3.01. The molecule has 1 atom stereocenters. The number of nitrogens with two attached hydrogens (primary N) is 1. The minimum atomic E-state index is -3.25. The Labute approximate surface area is 121 Å². The fourth-order valence-corrected chi connectivity index (χ4v) is 2.79. The van der Waals surface area contributed by atoms with E-state index < -0.39 is 15.9 Å². The van der Waals surface area contributed by atoms with E-state index in [0.717, 1.165) is 5.56 Å². The molecule has 7 nitrogen and oxygen atoms in total. The molecule has 0 aliphatic heterocycles. The normalized spacial score (nSPS) is 13.7. The van der Waals surface area contributed by atoms with Crippen molar-refractivity contribution in [3.05, 3.63) is 42.0 Å². The monoisotopic (exact) mass is 305 g/mol. The van der Waals surface area contributed by atoms with Crippen LogP contribution >= 0.6 is 0 Å². The van der Waals surface area contributed by atoms with Gasteiger partial charge in [0.05, 0.1) is 28.2 Å². The summed E-state index contributed by atoms with van der Waals surface area (Å²) in [5.41, 5.74) is 8.31. The summed E-state index contributed by atoms with van der Waals surface area (Å²) < 4.78 is 24.8. The fraction of sp³-hybridized carbons (Fsp3) is 0.231. The van der Waals surface area contributed by atoms with Crippen LogP contribution in [0.3, 0.4) is 0 Å². The Morgan fingerprint density at radius 3 is 2.76 bits per heavy atom. The predicted molar refractivity (Wildman–Crippen MR) is 78.4 cm³/mol. The second-order valence-corrected chi connectivity index (χ2v) is 7.01. The Morgan fingerprint density at radius 1 is 1.38 bits per heavy atom. The third kappa shape index (κ3) is 2.55. The number of fused-ring (bicyclic) bond motifs is 1. The second-order valence-electron chi connectivity index (χ2n) is 5.00. The lowest BCUT2D eigenvalue weighted by Crippen LogP contribution is -2.12. The van der Waals surface area contributed by atoms with Gasteiger partial charge < -0.3 is 10.7 Å². The lowest BCUT2D eigenvalue weighted by molar-refractivity contribution is 0.602. The lowest BCUT2D eigenvalue weighted by Gasteiger charge is -2.04. The van der Waals surface area contributed by atoms with Crippen molar-refractivity contribution in [2.45, 2.75) is 10.9 Å². The van der Waals surface area contributed by atoms with E-state index in [1.54, 1.807) is 23.0 Å². The number of hydrogen-bond acceptors (Lipinski definition) is 5. The van der Waals surface area contributed by atoms with Crippen LogP contribution in [0, 0.1) is 0 Å². The molecule has 3 rings (SSSR count). The lowest BCUT2D eigenvalue weighted by atomic mass is 10.2. The topological polar surface area (TPSA) is 107 Å². The van der Waals surface area contributed by atoms with Gasteiger partial charge in [0.2, 0.25) is 0 Å². The average molecular weight is 305 g/mol.